The van der Waals surface area contributed by atoms with E-state index in [0.29, 0.717) is 12.4 Å². The van der Waals surface area contributed by atoms with E-state index in [1.165, 1.54) is 0 Å². The summed E-state index contributed by atoms with van der Waals surface area (Å²) in [5.74, 6) is 0.0000654. The Kier molecular flexibility index (Phi) is 4.60. The Morgan fingerprint density at radius 2 is 2.08 bits per heavy atom. The molecule has 0 bridgehead atoms. The minimum absolute atomic E-state index is 0.00656. The summed E-state index contributed by atoms with van der Waals surface area (Å²) in [6, 6.07) is 11.5. The Bertz CT molecular complexity index is 755. The minimum Gasteiger partial charge on any atom is -0.311 e. The smallest absolute Gasteiger partial charge is 0.230 e. The number of amides is 2. The molecule has 5 heteroatoms. The molecule has 1 aromatic heterocycles. The van der Waals surface area contributed by atoms with E-state index in [4.69, 9.17) is 0 Å². The number of nitrogens with one attached hydrogen (secondary N) is 1. The highest BCUT2D eigenvalue weighted by Crippen LogP contribution is 2.29. The molecule has 24 heavy (non-hydrogen) atoms. The summed E-state index contributed by atoms with van der Waals surface area (Å²) >= 11 is 0. The second-order valence-electron chi connectivity index (χ2n) is 6.10. The maximum atomic E-state index is 12.4. The summed E-state index contributed by atoms with van der Waals surface area (Å²) in [4.78, 5) is 30.7. The van der Waals surface area contributed by atoms with Crippen molar-refractivity contribution in [1.29, 1.82) is 0 Å². The van der Waals surface area contributed by atoms with Crippen molar-refractivity contribution < 1.29 is 9.59 Å². The lowest BCUT2D eigenvalue weighted by atomic mass is 10.1. The molecule has 1 unspecified atom stereocenters. The number of hydrogen-bond donors (Lipinski definition) is 1. The highest BCUT2D eigenvalue weighted by atomic mass is 16.2. The Morgan fingerprint density at radius 1 is 1.29 bits per heavy atom. The number of carbonyl (C=O) groups is 2. The number of hydrogen-bond acceptors (Lipinski definition) is 3. The van der Waals surface area contributed by atoms with Gasteiger partial charge in [0.25, 0.3) is 0 Å². The van der Waals surface area contributed by atoms with Gasteiger partial charge in [0.1, 0.15) is 5.82 Å². The lowest BCUT2D eigenvalue weighted by Gasteiger charge is -2.19. The summed E-state index contributed by atoms with van der Waals surface area (Å²) < 4.78 is 0. The molecular formula is C19H21N3O2. The van der Waals surface area contributed by atoms with E-state index >= 15 is 0 Å². The highest BCUT2D eigenvalue weighted by Gasteiger charge is 2.35. The Morgan fingerprint density at radius 3 is 2.79 bits per heavy atom. The summed E-state index contributed by atoms with van der Waals surface area (Å²) in [6.07, 6.45) is 2.79. The first-order chi connectivity index (χ1) is 11.6. The summed E-state index contributed by atoms with van der Waals surface area (Å²) in [5, 5.41) is 2.80. The maximum absolute atomic E-state index is 12.4. The molecule has 3 rings (SSSR count). The van der Waals surface area contributed by atoms with E-state index in [1.807, 2.05) is 37.3 Å². The van der Waals surface area contributed by atoms with Gasteiger partial charge in [-0.1, -0.05) is 31.2 Å². The van der Waals surface area contributed by atoms with Crippen LogP contribution in [0.25, 0.3) is 0 Å². The molecule has 2 amide bonds. The van der Waals surface area contributed by atoms with E-state index in [1.54, 1.807) is 17.2 Å². The standard InChI is InChI=1S/C19H21N3O2/c1-3-14-6-4-5-7-16(14)22-12-15(10-18(22)23)19(24)21-17-9-8-13(2)11-20-17/h4-9,11,15H,3,10,12H2,1-2H3,(H,20,21,24). The van der Waals surface area contributed by atoms with E-state index in [2.05, 4.69) is 17.2 Å². The van der Waals surface area contributed by atoms with Gasteiger partial charge in [-0.05, 0) is 36.6 Å². The van der Waals surface area contributed by atoms with Crippen LogP contribution in [0, 0.1) is 12.8 Å². The number of pyridine rings is 1. The van der Waals surface area contributed by atoms with Crippen LogP contribution in [0.4, 0.5) is 11.5 Å². The van der Waals surface area contributed by atoms with E-state index in [-0.39, 0.29) is 24.2 Å². The van der Waals surface area contributed by atoms with E-state index < -0.39 is 0 Å². The molecular weight excluding hydrogens is 302 g/mol. The third-order valence-electron chi connectivity index (χ3n) is 4.32. The minimum atomic E-state index is -0.356. The lowest BCUT2D eigenvalue weighted by molar-refractivity contribution is -0.122. The van der Waals surface area contributed by atoms with Gasteiger partial charge in [0.15, 0.2) is 0 Å². The van der Waals surface area contributed by atoms with Crippen molar-refractivity contribution in [2.24, 2.45) is 5.92 Å². The average molecular weight is 323 g/mol. The van der Waals surface area contributed by atoms with E-state index in [9.17, 15) is 9.59 Å². The predicted octanol–water partition coefficient (Wildman–Crippen LogP) is 2.94. The Hall–Kier alpha value is -2.69. The van der Waals surface area contributed by atoms with Gasteiger partial charge < -0.3 is 10.2 Å². The van der Waals surface area contributed by atoms with Crippen LogP contribution in [0.5, 0.6) is 0 Å². The Labute approximate surface area is 141 Å². The van der Waals surface area contributed by atoms with Crippen LogP contribution in [0.1, 0.15) is 24.5 Å². The molecule has 1 aliphatic heterocycles. The highest BCUT2D eigenvalue weighted by molar-refractivity contribution is 6.03. The summed E-state index contributed by atoms with van der Waals surface area (Å²) in [5.41, 5.74) is 3.06. The van der Waals surface area contributed by atoms with Gasteiger partial charge in [-0.2, -0.15) is 0 Å². The third-order valence-corrected chi connectivity index (χ3v) is 4.32. The normalized spacial score (nSPS) is 17.2. The van der Waals surface area contributed by atoms with Crippen molar-refractivity contribution in [3.63, 3.8) is 0 Å². The van der Waals surface area contributed by atoms with Crippen molar-refractivity contribution in [2.75, 3.05) is 16.8 Å². The van der Waals surface area contributed by atoms with Gasteiger partial charge >= 0.3 is 0 Å². The number of aromatic nitrogens is 1. The molecule has 1 fully saturated rings. The monoisotopic (exact) mass is 323 g/mol. The molecule has 124 valence electrons. The second-order valence-corrected chi connectivity index (χ2v) is 6.10. The molecule has 5 nitrogen and oxygen atoms in total. The lowest BCUT2D eigenvalue weighted by Crippen LogP contribution is -2.28. The number of carbonyl (C=O) groups excluding carboxylic acids is 2. The van der Waals surface area contributed by atoms with Crippen molar-refractivity contribution in [2.45, 2.75) is 26.7 Å². The molecule has 1 aromatic carbocycles. The van der Waals surface area contributed by atoms with Gasteiger partial charge in [-0.25, -0.2) is 4.98 Å². The number of aryl methyl sites for hydroxylation is 2. The van der Waals surface area contributed by atoms with Gasteiger partial charge in [0.05, 0.1) is 5.92 Å². The molecule has 1 N–H and O–H groups in total. The van der Waals surface area contributed by atoms with Crippen molar-refractivity contribution >= 4 is 23.3 Å². The molecule has 0 saturated carbocycles. The molecule has 0 aliphatic carbocycles. The fourth-order valence-electron chi connectivity index (χ4n) is 2.96. The fourth-order valence-corrected chi connectivity index (χ4v) is 2.96. The van der Waals surface area contributed by atoms with Crippen LogP contribution in [0.15, 0.2) is 42.6 Å². The van der Waals surface area contributed by atoms with Gasteiger partial charge in [-0.15, -0.1) is 0 Å². The first kappa shape index (κ1) is 16.2. The second kappa shape index (κ2) is 6.83. The predicted molar refractivity (Wildman–Crippen MR) is 93.9 cm³/mol. The first-order valence-electron chi connectivity index (χ1n) is 8.20. The molecule has 1 atom stereocenters. The zero-order valence-electron chi connectivity index (χ0n) is 14.0. The van der Waals surface area contributed by atoms with Crippen molar-refractivity contribution in [3.05, 3.63) is 53.7 Å². The molecule has 2 heterocycles. The maximum Gasteiger partial charge on any atom is 0.230 e. The molecule has 0 spiro atoms. The largest absolute Gasteiger partial charge is 0.311 e. The van der Waals surface area contributed by atoms with Gasteiger partial charge in [0, 0.05) is 24.8 Å². The zero-order valence-corrected chi connectivity index (χ0v) is 14.0. The molecule has 1 saturated heterocycles. The summed E-state index contributed by atoms with van der Waals surface area (Å²) in [7, 11) is 0. The first-order valence-corrected chi connectivity index (χ1v) is 8.20. The van der Waals surface area contributed by atoms with Crippen LogP contribution in [-0.4, -0.2) is 23.3 Å². The van der Waals surface area contributed by atoms with Crippen LogP contribution >= 0.6 is 0 Å². The quantitative estimate of drug-likeness (QED) is 0.941. The van der Waals surface area contributed by atoms with E-state index in [0.717, 1.165) is 23.2 Å². The van der Waals surface area contributed by atoms with Gasteiger partial charge in [0.2, 0.25) is 11.8 Å². The van der Waals surface area contributed by atoms with Gasteiger partial charge in [-0.3, -0.25) is 9.59 Å². The molecule has 1 aliphatic rings. The number of nitrogens with zero attached hydrogens (tertiary/aromatic N) is 2. The number of para-hydroxylation sites is 1. The fraction of sp³-hybridized carbons (Fsp3) is 0.316. The van der Waals surface area contributed by atoms with Crippen molar-refractivity contribution in [3.8, 4) is 0 Å². The average Bonchev–Trinajstić information content (AvgIpc) is 2.98. The number of rotatable bonds is 4. The SMILES string of the molecule is CCc1ccccc1N1CC(C(=O)Nc2ccc(C)cn2)CC1=O. The van der Waals surface area contributed by atoms with Crippen molar-refractivity contribution in [1.82, 2.24) is 4.98 Å². The van der Waals surface area contributed by atoms with Crippen LogP contribution in [-0.2, 0) is 16.0 Å². The topological polar surface area (TPSA) is 62.3 Å². The Balaban J connectivity index is 1.72. The number of benzene rings is 1. The number of anilines is 2. The van der Waals surface area contributed by atoms with Crippen LogP contribution in [0.3, 0.4) is 0 Å². The molecule has 0 radical (unpaired) electrons. The summed E-state index contributed by atoms with van der Waals surface area (Å²) in [6.45, 7) is 4.41. The zero-order chi connectivity index (χ0) is 17.1. The van der Waals surface area contributed by atoms with Crippen LogP contribution < -0.4 is 10.2 Å². The molecule has 2 aromatic rings. The third kappa shape index (κ3) is 3.30. The van der Waals surface area contributed by atoms with Crippen LogP contribution in [0.2, 0.25) is 0 Å².